The highest BCUT2D eigenvalue weighted by atomic mass is 31.2. The fourth-order valence-corrected chi connectivity index (χ4v) is 10.9. The second kappa shape index (κ2) is 56.8. The molecule has 0 rings (SSSR count). The third kappa shape index (κ3) is 60.2. The molecule has 17 nitrogen and oxygen atoms in total. The number of hydrogen-bond donors (Lipinski definition) is 3. The number of hydrogen-bond acceptors (Lipinski definition) is 15. The summed E-state index contributed by atoms with van der Waals surface area (Å²) in [6, 6.07) is 0. The van der Waals surface area contributed by atoms with Gasteiger partial charge in [-0.25, -0.2) is 9.13 Å². The van der Waals surface area contributed by atoms with Crippen LogP contribution < -0.4 is 0 Å². The number of rotatable bonds is 62. The van der Waals surface area contributed by atoms with Gasteiger partial charge in [-0.2, -0.15) is 0 Å². The number of ether oxygens (including phenoxy) is 4. The highest BCUT2D eigenvalue weighted by Gasteiger charge is 2.30. The molecule has 0 bridgehead atoms. The molecule has 0 saturated carbocycles. The highest BCUT2D eigenvalue weighted by molar-refractivity contribution is 7.47. The first-order valence-corrected chi connectivity index (χ1v) is 36.7. The number of aliphatic hydroxyl groups excluding tert-OH is 1. The van der Waals surface area contributed by atoms with Crippen LogP contribution in [0.3, 0.4) is 0 Å². The van der Waals surface area contributed by atoms with Crippen LogP contribution in [0.4, 0.5) is 0 Å². The van der Waals surface area contributed by atoms with Gasteiger partial charge in [0.15, 0.2) is 12.2 Å². The number of allylic oxidation sites excluding steroid dienone is 4. The van der Waals surface area contributed by atoms with Gasteiger partial charge in [0.25, 0.3) is 0 Å². The van der Waals surface area contributed by atoms with Gasteiger partial charge in [-0.3, -0.25) is 37.3 Å². The topological polar surface area (TPSA) is 237 Å². The van der Waals surface area contributed by atoms with E-state index in [1.807, 2.05) is 0 Å². The zero-order valence-electron chi connectivity index (χ0n) is 54.5. The second-order valence-electron chi connectivity index (χ2n) is 24.6. The quantitative estimate of drug-likeness (QED) is 0.0169. The molecule has 0 aliphatic carbocycles. The monoisotopic (exact) mass is 1250 g/mol. The predicted octanol–water partition coefficient (Wildman–Crippen LogP) is 17.8. The lowest BCUT2D eigenvalue weighted by Gasteiger charge is -2.21. The number of phosphoric ester groups is 2. The van der Waals surface area contributed by atoms with Gasteiger partial charge < -0.3 is 33.8 Å². The Kier molecular flexibility index (Phi) is 55.1. The number of esters is 4. The highest BCUT2D eigenvalue weighted by Crippen LogP contribution is 2.45. The van der Waals surface area contributed by atoms with E-state index in [1.54, 1.807) is 0 Å². The summed E-state index contributed by atoms with van der Waals surface area (Å²) >= 11 is 0. The van der Waals surface area contributed by atoms with Crippen molar-refractivity contribution >= 4 is 39.5 Å². The van der Waals surface area contributed by atoms with Gasteiger partial charge in [-0.05, 0) is 69.1 Å². The first-order valence-electron chi connectivity index (χ1n) is 33.7. The molecule has 3 N–H and O–H groups in total. The molecule has 85 heavy (non-hydrogen) atoms. The molecule has 5 atom stereocenters. The fraction of sp³-hybridized carbons (Fsp3) is 0.879. The second-order valence-corrected chi connectivity index (χ2v) is 27.5. The first-order chi connectivity index (χ1) is 40.7. The lowest BCUT2D eigenvalue weighted by molar-refractivity contribution is -0.161. The van der Waals surface area contributed by atoms with Crippen molar-refractivity contribution < 1.29 is 80.2 Å². The van der Waals surface area contributed by atoms with Crippen molar-refractivity contribution in [2.24, 2.45) is 17.8 Å². The van der Waals surface area contributed by atoms with Crippen molar-refractivity contribution in [3.63, 3.8) is 0 Å². The van der Waals surface area contributed by atoms with E-state index >= 15 is 0 Å². The van der Waals surface area contributed by atoms with Crippen LogP contribution in [0.2, 0.25) is 0 Å². The number of phosphoric acid groups is 2. The van der Waals surface area contributed by atoms with Crippen molar-refractivity contribution in [1.82, 2.24) is 0 Å². The molecule has 0 aliphatic heterocycles. The summed E-state index contributed by atoms with van der Waals surface area (Å²) in [5.74, 6) is -0.0820. The van der Waals surface area contributed by atoms with Crippen LogP contribution in [-0.4, -0.2) is 96.7 Å². The summed E-state index contributed by atoms with van der Waals surface area (Å²) in [5.41, 5.74) is 0. The Morgan fingerprint density at radius 1 is 0.365 bits per heavy atom. The molecule has 0 amide bonds. The molecule has 0 radical (unpaired) electrons. The zero-order valence-corrected chi connectivity index (χ0v) is 56.3. The number of carbonyl (C=O) groups excluding carboxylic acids is 4. The molecule has 0 heterocycles. The number of unbranched alkanes of at least 4 members (excludes halogenated alkanes) is 27. The lowest BCUT2D eigenvalue weighted by Crippen LogP contribution is -2.30. The third-order valence-electron chi connectivity index (χ3n) is 14.5. The normalized spacial score (nSPS) is 14.5. The zero-order chi connectivity index (χ0) is 63.1. The van der Waals surface area contributed by atoms with E-state index < -0.39 is 97.5 Å². The summed E-state index contributed by atoms with van der Waals surface area (Å²) in [4.78, 5) is 72.2. The van der Waals surface area contributed by atoms with Crippen LogP contribution in [0.15, 0.2) is 24.3 Å². The Morgan fingerprint density at radius 3 is 0.953 bits per heavy atom. The summed E-state index contributed by atoms with van der Waals surface area (Å²) in [6.45, 7) is 11.5. The van der Waals surface area contributed by atoms with Crippen LogP contribution in [0.1, 0.15) is 299 Å². The molecular formula is C66H124O17P2. The van der Waals surface area contributed by atoms with Crippen molar-refractivity contribution in [2.45, 2.75) is 317 Å². The van der Waals surface area contributed by atoms with E-state index in [1.165, 1.54) is 83.5 Å². The van der Waals surface area contributed by atoms with Crippen molar-refractivity contribution in [3.05, 3.63) is 24.3 Å². The Morgan fingerprint density at radius 2 is 0.635 bits per heavy atom. The SMILES string of the molecule is CCCCCC/C=C\C=C/CCCCCCCC(=O)OC[C@H](COP(=O)(O)OC[C@@H](O)COP(=O)(O)OC[C@@H](COC(=O)CCCCCCCCC(C)C)OC(=O)CCCCCCCCCC(C)C)OC(=O)CCCCCCCCCCC(C)C. The molecule has 19 heteroatoms. The Hall–Kier alpha value is -2.46. The maximum Gasteiger partial charge on any atom is 0.472 e. The number of aliphatic hydroxyl groups is 1. The van der Waals surface area contributed by atoms with Crippen LogP contribution in [0, 0.1) is 17.8 Å². The maximum atomic E-state index is 13.0. The summed E-state index contributed by atoms with van der Waals surface area (Å²) in [6.07, 6.45) is 41.5. The molecule has 0 fully saturated rings. The summed E-state index contributed by atoms with van der Waals surface area (Å²) < 4.78 is 68.0. The molecule has 0 aliphatic rings. The standard InChI is InChI=1S/C66H124O17P2/c1-8-9-10-11-12-13-14-15-16-17-18-19-25-33-40-47-63(68)76-53-61(82-65(70)49-42-35-26-21-20-23-30-37-44-57(2)3)55-80-84(72,73)78-51-60(67)52-79-85(74,75)81-56-62(54-77-64(69)48-41-34-29-28-32-39-46-59(6)7)83-66(71)50-43-36-27-22-24-31-38-45-58(4)5/h13-16,57-62,67H,8-12,17-56H2,1-7H3,(H,72,73)(H,74,75)/b14-13-,16-15-/t60-,61-,62-/m1/s1. The molecule has 0 aromatic rings. The van der Waals surface area contributed by atoms with E-state index in [2.05, 4.69) is 72.8 Å². The van der Waals surface area contributed by atoms with Crippen molar-refractivity contribution in [1.29, 1.82) is 0 Å². The summed E-state index contributed by atoms with van der Waals surface area (Å²) in [5, 5.41) is 10.5. The van der Waals surface area contributed by atoms with Gasteiger partial charge in [-0.1, -0.05) is 246 Å². The number of carbonyl (C=O) groups is 4. The van der Waals surface area contributed by atoms with Crippen molar-refractivity contribution in [3.8, 4) is 0 Å². The molecule has 0 spiro atoms. The minimum absolute atomic E-state index is 0.0969. The Balaban J connectivity index is 5.26. The van der Waals surface area contributed by atoms with Gasteiger partial charge in [0, 0.05) is 25.7 Å². The van der Waals surface area contributed by atoms with Crippen LogP contribution in [0.25, 0.3) is 0 Å². The fourth-order valence-electron chi connectivity index (χ4n) is 9.29. The molecular weight excluding hydrogens is 1130 g/mol. The van der Waals surface area contributed by atoms with Crippen LogP contribution >= 0.6 is 15.6 Å². The Bertz CT molecular complexity index is 1770. The third-order valence-corrected chi connectivity index (χ3v) is 16.4. The summed E-state index contributed by atoms with van der Waals surface area (Å²) in [7, 11) is -9.90. The smallest absolute Gasteiger partial charge is 0.462 e. The van der Waals surface area contributed by atoms with E-state index in [0.717, 1.165) is 116 Å². The maximum absolute atomic E-state index is 13.0. The van der Waals surface area contributed by atoms with Gasteiger partial charge in [0.2, 0.25) is 0 Å². The lowest BCUT2D eigenvalue weighted by atomic mass is 10.0. The molecule has 0 aromatic heterocycles. The average molecular weight is 1250 g/mol. The van der Waals surface area contributed by atoms with E-state index in [0.29, 0.717) is 43.4 Å². The van der Waals surface area contributed by atoms with Crippen LogP contribution in [0.5, 0.6) is 0 Å². The van der Waals surface area contributed by atoms with E-state index in [4.69, 9.17) is 37.0 Å². The minimum atomic E-state index is -4.95. The first kappa shape index (κ1) is 82.5. The van der Waals surface area contributed by atoms with Gasteiger partial charge in [0.1, 0.15) is 19.3 Å². The molecule has 2 unspecified atom stereocenters. The van der Waals surface area contributed by atoms with Gasteiger partial charge >= 0.3 is 39.5 Å². The largest absolute Gasteiger partial charge is 0.472 e. The van der Waals surface area contributed by atoms with Crippen LogP contribution in [-0.2, 0) is 65.4 Å². The minimum Gasteiger partial charge on any atom is -0.462 e. The molecule has 0 aromatic carbocycles. The van der Waals surface area contributed by atoms with E-state index in [-0.39, 0.29) is 25.7 Å². The average Bonchev–Trinajstić information content (AvgIpc) is 3.51. The van der Waals surface area contributed by atoms with E-state index in [9.17, 15) is 43.2 Å². The van der Waals surface area contributed by atoms with Crippen molar-refractivity contribution in [2.75, 3.05) is 39.6 Å². The van der Waals surface area contributed by atoms with Gasteiger partial charge in [-0.15, -0.1) is 0 Å². The molecule has 0 saturated heterocycles. The Labute approximate surface area is 516 Å². The van der Waals surface area contributed by atoms with Gasteiger partial charge in [0.05, 0.1) is 26.4 Å². The predicted molar refractivity (Wildman–Crippen MR) is 340 cm³/mol. The molecule has 500 valence electrons.